The van der Waals surface area contributed by atoms with Crippen molar-refractivity contribution in [3.63, 3.8) is 0 Å². The number of carbonyl (C=O) groups is 1. The van der Waals surface area contributed by atoms with Crippen LogP contribution in [-0.4, -0.2) is 37.0 Å². The summed E-state index contributed by atoms with van der Waals surface area (Å²) in [6.45, 7) is 6.20. The van der Waals surface area contributed by atoms with E-state index >= 15 is 0 Å². The number of benzene rings is 1. The molecule has 0 spiro atoms. The average molecular weight is 315 g/mol. The van der Waals surface area contributed by atoms with E-state index in [4.69, 9.17) is 0 Å². The molecule has 0 aliphatic carbocycles. The predicted molar refractivity (Wildman–Crippen MR) is 93.0 cm³/mol. The zero-order chi connectivity index (χ0) is 15.9. The SMILES string of the molecule is O=C(CC1CCNC1)NCc1ccc(CN2CCCCC2)cc1. The normalized spacial score (nSPS) is 22.2. The van der Waals surface area contributed by atoms with Crippen LogP contribution in [0.4, 0.5) is 0 Å². The highest BCUT2D eigenvalue weighted by atomic mass is 16.1. The molecule has 0 aromatic heterocycles. The largest absolute Gasteiger partial charge is 0.352 e. The highest BCUT2D eigenvalue weighted by Crippen LogP contribution is 2.14. The van der Waals surface area contributed by atoms with E-state index in [1.807, 2.05) is 0 Å². The third kappa shape index (κ3) is 5.33. The number of rotatable bonds is 6. The second-order valence-corrected chi connectivity index (χ2v) is 6.99. The molecule has 23 heavy (non-hydrogen) atoms. The van der Waals surface area contributed by atoms with Crippen LogP contribution in [0.15, 0.2) is 24.3 Å². The maximum atomic E-state index is 12.0. The molecule has 2 aliphatic heterocycles. The summed E-state index contributed by atoms with van der Waals surface area (Å²) in [5.41, 5.74) is 2.56. The van der Waals surface area contributed by atoms with Crippen molar-refractivity contribution >= 4 is 5.91 Å². The van der Waals surface area contributed by atoms with Crippen molar-refractivity contribution in [2.45, 2.75) is 45.2 Å². The summed E-state index contributed by atoms with van der Waals surface area (Å²) in [6.07, 6.45) is 5.83. The van der Waals surface area contributed by atoms with Crippen LogP contribution in [0.3, 0.4) is 0 Å². The molecule has 0 radical (unpaired) electrons. The van der Waals surface area contributed by atoms with Crippen LogP contribution in [0, 0.1) is 5.92 Å². The van der Waals surface area contributed by atoms with Gasteiger partial charge in [0.25, 0.3) is 0 Å². The number of nitrogens with zero attached hydrogens (tertiary/aromatic N) is 1. The zero-order valence-electron chi connectivity index (χ0n) is 14.0. The summed E-state index contributed by atoms with van der Waals surface area (Å²) in [7, 11) is 0. The van der Waals surface area contributed by atoms with Gasteiger partial charge in [0, 0.05) is 19.5 Å². The minimum atomic E-state index is 0.177. The Labute approximate surface area is 139 Å². The maximum Gasteiger partial charge on any atom is 0.220 e. The van der Waals surface area contributed by atoms with Gasteiger partial charge >= 0.3 is 0 Å². The van der Waals surface area contributed by atoms with E-state index in [9.17, 15) is 4.79 Å². The highest BCUT2D eigenvalue weighted by Gasteiger charge is 2.17. The number of carbonyl (C=O) groups excluding carboxylic acids is 1. The standard InChI is InChI=1S/C19H29N3O/c23-19(12-18-8-9-20-13-18)21-14-16-4-6-17(7-5-16)15-22-10-2-1-3-11-22/h4-7,18,20H,1-3,8-15H2,(H,21,23). The van der Waals surface area contributed by atoms with E-state index < -0.39 is 0 Å². The number of likely N-dealkylation sites (tertiary alicyclic amines) is 1. The van der Waals surface area contributed by atoms with E-state index in [1.165, 1.54) is 43.5 Å². The molecule has 1 aromatic carbocycles. The third-order valence-electron chi connectivity index (χ3n) is 5.00. The first-order valence-electron chi connectivity index (χ1n) is 9.07. The van der Waals surface area contributed by atoms with Crippen molar-refractivity contribution in [2.24, 2.45) is 5.92 Å². The average Bonchev–Trinajstić information content (AvgIpc) is 3.08. The molecule has 2 fully saturated rings. The molecular weight excluding hydrogens is 286 g/mol. The van der Waals surface area contributed by atoms with Gasteiger partial charge in [-0.3, -0.25) is 9.69 Å². The fourth-order valence-electron chi connectivity index (χ4n) is 3.56. The van der Waals surface area contributed by atoms with Crippen LogP contribution in [0.2, 0.25) is 0 Å². The molecule has 1 unspecified atom stereocenters. The first kappa shape index (κ1) is 16.5. The number of piperidine rings is 1. The summed E-state index contributed by atoms with van der Waals surface area (Å²) in [6, 6.07) is 8.71. The lowest BCUT2D eigenvalue weighted by Crippen LogP contribution is -2.29. The number of hydrogen-bond acceptors (Lipinski definition) is 3. The smallest absolute Gasteiger partial charge is 0.220 e. The summed E-state index contributed by atoms with van der Waals surface area (Å²) < 4.78 is 0. The fraction of sp³-hybridized carbons (Fsp3) is 0.632. The lowest BCUT2D eigenvalue weighted by Gasteiger charge is -2.26. The Kier molecular flexibility index (Phi) is 6.06. The third-order valence-corrected chi connectivity index (χ3v) is 5.00. The Morgan fingerprint density at radius 3 is 2.57 bits per heavy atom. The summed E-state index contributed by atoms with van der Waals surface area (Å²) in [4.78, 5) is 14.5. The van der Waals surface area contributed by atoms with Crippen molar-refractivity contribution in [2.75, 3.05) is 26.2 Å². The van der Waals surface area contributed by atoms with Gasteiger partial charge in [0.05, 0.1) is 0 Å². The summed E-state index contributed by atoms with van der Waals surface area (Å²) in [5, 5.41) is 6.36. The molecule has 1 atom stereocenters. The monoisotopic (exact) mass is 315 g/mol. The minimum absolute atomic E-state index is 0.177. The topological polar surface area (TPSA) is 44.4 Å². The van der Waals surface area contributed by atoms with Crippen LogP contribution >= 0.6 is 0 Å². The van der Waals surface area contributed by atoms with Gasteiger partial charge in [-0.1, -0.05) is 30.7 Å². The predicted octanol–water partition coefficient (Wildman–Crippen LogP) is 2.29. The Bertz CT molecular complexity index is 488. The molecule has 4 heteroatoms. The quantitative estimate of drug-likeness (QED) is 0.846. The van der Waals surface area contributed by atoms with E-state index in [-0.39, 0.29) is 5.91 Å². The Morgan fingerprint density at radius 2 is 1.87 bits per heavy atom. The van der Waals surface area contributed by atoms with Crippen molar-refractivity contribution in [3.8, 4) is 0 Å². The molecule has 2 N–H and O–H groups in total. The van der Waals surface area contributed by atoms with E-state index in [0.29, 0.717) is 18.9 Å². The van der Waals surface area contributed by atoms with Gasteiger partial charge in [-0.25, -0.2) is 0 Å². The molecule has 3 rings (SSSR count). The Morgan fingerprint density at radius 1 is 1.13 bits per heavy atom. The molecule has 0 bridgehead atoms. The van der Waals surface area contributed by atoms with E-state index in [1.54, 1.807) is 0 Å². The lowest BCUT2D eigenvalue weighted by atomic mass is 10.0. The number of nitrogens with one attached hydrogen (secondary N) is 2. The minimum Gasteiger partial charge on any atom is -0.352 e. The molecule has 4 nitrogen and oxygen atoms in total. The van der Waals surface area contributed by atoms with Crippen LogP contribution in [0.5, 0.6) is 0 Å². The second-order valence-electron chi connectivity index (χ2n) is 6.99. The van der Waals surface area contributed by atoms with Crippen LogP contribution in [0.25, 0.3) is 0 Å². The molecular formula is C19H29N3O. The van der Waals surface area contributed by atoms with Gasteiger partial charge < -0.3 is 10.6 Å². The fourth-order valence-corrected chi connectivity index (χ4v) is 3.56. The molecule has 2 aliphatic rings. The van der Waals surface area contributed by atoms with Crippen LogP contribution in [-0.2, 0) is 17.9 Å². The summed E-state index contributed by atoms with van der Waals surface area (Å²) >= 11 is 0. The molecule has 2 heterocycles. The zero-order valence-corrected chi connectivity index (χ0v) is 14.0. The Hall–Kier alpha value is -1.39. The Balaban J connectivity index is 1.40. The van der Waals surface area contributed by atoms with Gasteiger partial charge in [0.15, 0.2) is 0 Å². The molecule has 1 aromatic rings. The van der Waals surface area contributed by atoms with Crippen LogP contribution < -0.4 is 10.6 Å². The second kappa shape index (κ2) is 8.46. The molecule has 2 saturated heterocycles. The lowest BCUT2D eigenvalue weighted by molar-refractivity contribution is -0.122. The van der Waals surface area contributed by atoms with Crippen molar-refractivity contribution in [1.29, 1.82) is 0 Å². The highest BCUT2D eigenvalue weighted by molar-refractivity contribution is 5.76. The van der Waals surface area contributed by atoms with Crippen molar-refractivity contribution in [1.82, 2.24) is 15.5 Å². The molecule has 126 valence electrons. The van der Waals surface area contributed by atoms with Crippen LogP contribution in [0.1, 0.15) is 43.2 Å². The molecule has 1 amide bonds. The van der Waals surface area contributed by atoms with E-state index in [2.05, 4.69) is 39.8 Å². The van der Waals surface area contributed by atoms with Gasteiger partial charge in [0.2, 0.25) is 5.91 Å². The van der Waals surface area contributed by atoms with Crippen molar-refractivity contribution < 1.29 is 4.79 Å². The first-order chi connectivity index (χ1) is 11.3. The van der Waals surface area contributed by atoms with Gasteiger partial charge in [-0.2, -0.15) is 0 Å². The first-order valence-corrected chi connectivity index (χ1v) is 9.07. The van der Waals surface area contributed by atoms with Gasteiger partial charge in [-0.05, 0) is 62.5 Å². The van der Waals surface area contributed by atoms with E-state index in [0.717, 1.165) is 26.1 Å². The van der Waals surface area contributed by atoms with Gasteiger partial charge in [0.1, 0.15) is 0 Å². The number of hydrogen-bond donors (Lipinski definition) is 2. The maximum absolute atomic E-state index is 12.0. The summed E-state index contributed by atoms with van der Waals surface area (Å²) in [5.74, 6) is 0.693. The van der Waals surface area contributed by atoms with Gasteiger partial charge in [-0.15, -0.1) is 0 Å². The molecule has 0 saturated carbocycles. The van der Waals surface area contributed by atoms with Crippen molar-refractivity contribution in [3.05, 3.63) is 35.4 Å². The number of amides is 1.